The van der Waals surface area contributed by atoms with Crippen molar-refractivity contribution in [3.8, 4) is 0 Å². The van der Waals surface area contributed by atoms with Gasteiger partial charge in [-0.05, 0) is 38.5 Å². The van der Waals surface area contributed by atoms with E-state index in [9.17, 15) is 14.4 Å². The molecule has 0 N–H and O–H groups in total. The zero-order valence-electron chi connectivity index (χ0n) is 41.1. The van der Waals surface area contributed by atoms with Crippen LogP contribution in [-0.4, -0.2) is 37.2 Å². The first-order chi connectivity index (χ1) is 30.5. The van der Waals surface area contributed by atoms with E-state index in [1.807, 2.05) is 30.4 Å². The SMILES string of the molecule is CC\C=C/C=C\C=C/C=C\CCCCCC(=O)OCC(COC(=O)CCCCCCCCCCCCCCCCCC)OC(=O)CCCCCCCCCCCCCCCCC. The molecule has 0 bridgehead atoms. The summed E-state index contributed by atoms with van der Waals surface area (Å²) >= 11 is 0. The Balaban J connectivity index is 4.38. The zero-order chi connectivity index (χ0) is 45.1. The van der Waals surface area contributed by atoms with Crippen molar-refractivity contribution in [2.45, 2.75) is 277 Å². The van der Waals surface area contributed by atoms with Crippen LogP contribution in [0.4, 0.5) is 0 Å². The van der Waals surface area contributed by atoms with E-state index in [1.54, 1.807) is 0 Å². The highest BCUT2D eigenvalue weighted by Crippen LogP contribution is 2.16. The largest absolute Gasteiger partial charge is 0.462 e. The van der Waals surface area contributed by atoms with Gasteiger partial charge in [-0.2, -0.15) is 0 Å². The number of hydrogen-bond donors (Lipinski definition) is 0. The van der Waals surface area contributed by atoms with Crippen LogP contribution in [0.15, 0.2) is 48.6 Å². The number of carbonyl (C=O) groups excluding carboxylic acids is 3. The van der Waals surface area contributed by atoms with Gasteiger partial charge in [-0.25, -0.2) is 0 Å². The van der Waals surface area contributed by atoms with Gasteiger partial charge in [0.25, 0.3) is 0 Å². The summed E-state index contributed by atoms with van der Waals surface area (Å²) in [6.07, 6.45) is 61.0. The lowest BCUT2D eigenvalue weighted by atomic mass is 10.0. The van der Waals surface area contributed by atoms with Crippen molar-refractivity contribution in [1.82, 2.24) is 0 Å². The molecule has 0 saturated carbocycles. The molecule has 0 saturated heterocycles. The minimum Gasteiger partial charge on any atom is -0.462 e. The van der Waals surface area contributed by atoms with Crippen LogP contribution in [0, 0.1) is 0 Å². The summed E-state index contributed by atoms with van der Waals surface area (Å²) < 4.78 is 16.8. The molecule has 0 aliphatic rings. The number of unbranched alkanes of at least 4 members (excludes halogenated alkanes) is 32. The molecule has 0 amide bonds. The Morgan fingerprint density at radius 1 is 0.339 bits per heavy atom. The summed E-state index contributed by atoms with van der Waals surface area (Å²) in [5, 5.41) is 0. The molecule has 0 aromatic heterocycles. The highest BCUT2D eigenvalue weighted by Gasteiger charge is 2.19. The van der Waals surface area contributed by atoms with E-state index in [1.165, 1.54) is 161 Å². The van der Waals surface area contributed by atoms with Crippen molar-refractivity contribution in [2.75, 3.05) is 13.2 Å². The Hall–Kier alpha value is -2.63. The molecule has 1 unspecified atom stereocenters. The number of carbonyl (C=O) groups is 3. The van der Waals surface area contributed by atoms with E-state index in [-0.39, 0.29) is 31.1 Å². The molecule has 360 valence electrons. The van der Waals surface area contributed by atoms with Crippen molar-refractivity contribution in [1.29, 1.82) is 0 Å². The molecule has 6 heteroatoms. The predicted octanol–water partition coefficient (Wildman–Crippen LogP) is 17.5. The van der Waals surface area contributed by atoms with Crippen LogP contribution in [0.25, 0.3) is 0 Å². The Bertz CT molecular complexity index is 1090. The van der Waals surface area contributed by atoms with Gasteiger partial charge in [0.2, 0.25) is 0 Å². The summed E-state index contributed by atoms with van der Waals surface area (Å²) in [6.45, 7) is 6.49. The second-order valence-electron chi connectivity index (χ2n) is 17.9. The lowest BCUT2D eigenvalue weighted by Crippen LogP contribution is -2.30. The molecule has 0 aromatic carbocycles. The molecule has 1 atom stereocenters. The zero-order valence-corrected chi connectivity index (χ0v) is 41.1. The standard InChI is InChI=1S/C56H100O6/c1-4-7-10-13-16-19-22-25-27-29-31-34-37-40-43-46-49-55(58)61-52-53(51-60-54(57)48-45-42-39-36-33-30-24-21-18-15-12-9-6-3)62-56(59)50-47-44-41-38-35-32-28-26-23-20-17-14-11-8-5-2/h9,12,15,18,21,24,30,33,53H,4-8,10-11,13-14,16-17,19-20,22-23,25-29,31-32,34-52H2,1-3H3/b12-9-,18-15-,24-21-,33-30-. The molecule has 0 rings (SSSR count). The molecule has 0 aliphatic carbocycles. The van der Waals surface area contributed by atoms with Crippen LogP contribution >= 0.6 is 0 Å². The van der Waals surface area contributed by atoms with Crippen molar-refractivity contribution < 1.29 is 28.6 Å². The fraction of sp³-hybridized carbons (Fsp3) is 0.804. The third kappa shape index (κ3) is 48.4. The van der Waals surface area contributed by atoms with E-state index >= 15 is 0 Å². The van der Waals surface area contributed by atoms with Crippen LogP contribution in [0.1, 0.15) is 271 Å². The van der Waals surface area contributed by atoms with Gasteiger partial charge in [0.15, 0.2) is 6.10 Å². The van der Waals surface area contributed by atoms with Gasteiger partial charge in [-0.1, -0.05) is 262 Å². The second kappa shape index (κ2) is 51.0. The summed E-state index contributed by atoms with van der Waals surface area (Å²) in [4.78, 5) is 38.0. The maximum atomic E-state index is 12.8. The number of rotatable bonds is 48. The minimum absolute atomic E-state index is 0.0818. The van der Waals surface area contributed by atoms with Crippen LogP contribution in [0.2, 0.25) is 0 Å². The Morgan fingerprint density at radius 3 is 0.984 bits per heavy atom. The van der Waals surface area contributed by atoms with Gasteiger partial charge in [-0.15, -0.1) is 0 Å². The maximum absolute atomic E-state index is 12.8. The molecule has 0 fully saturated rings. The van der Waals surface area contributed by atoms with Crippen LogP contribution in [0.3, 0.4) is 0 Å². The van der Waals surface area contributed by atoms with E-state index in [4.69, 9.17) is 14.2 Å². The molecule has 62 heavy (non-hydrogen) atoms. The molecule has 0 aliphatic heterocycles. The quantitative estimate of drug-likeness (QED) is 0.0262. The lowest BCUT2D eigenvalue weighted by Gasteiger charge is -2.18. The lowest BCUT2D eigenvalue weighted by molar-refractivity contribution is -0.167. The van der Waals surface area contributed by atoms with E-state index in [0.29, 0.717) is 19.3 Å². The fourth-order valence-corrected chi connectivity index (χ4v) is 7.69. The van der Waals surface area contributed by atoms with E-state index in [0.717, 1.165) is 70.6 Å². The molecule has 0 radical (unpaired) electrons. The first kappa shape index (κ1) is 59.4. The van der Waals surface area contributed by atoms with Crippen LogP contribution in [0.5, 0.6) is 0 Å². The number of esters is 3. The third-order valence-electron chi connectivity index (χ3n) is 11.7. The highest BCUT2D eigenvalue weighted by molar-refractivity contribution is 5.71. The average molecular weight is 869 g/mol. The average Bonchev–Trinajstić information content (AvgIpc) is 3.27. The molecule has 6 nitrogen and oxygen atoms in total. The number of hydrogen-bond acceptors (Lipinski definition) is 6. The van der Waals surface area contributed by atoms with Gasteiger partial charge in [0.05, 0.1) is 0 Å². The predicted molar refractivity (Wildman–Crippen MR) is 265 cm³/mol. The van der Waals surface area contributed by atoms with Gasteiger partial charge in [-0.3, -0.25) is 14.4 Å². The molecule has 0 aromatic rings. The number of allylic oxidation sites excluding steroid dienone is 8. The summed E-state index contributed by atoms with van der Waals surface area (Å²) in [5.41, 5.74) is 0. The summed E-state index contributed by atoms with van der Waals surface area (Å²) in [6, 6.07) is 0. The van der Waals surface area contributed by atoms with Gasteiger partial charge < -0.3 is 14.2 Å². The summed E-state index contributed by atoms with van der Waals surface area (Å²) in [5.74, 6) is -0.910. The third-order valence-corrected chi connectivity index (χ3v) is 11.7. The normalized spacial score (nSPS) is 12.4. The monoisotopic (exact) mass is 869 g/mol. The summed E-state index contributed by atoms with van der Waals surface area (Å²) in [7, 11) is 0. The van der Waals surface area contributed by atoms with E-state index in [2.05, 4.69) is 39.0 Å². The topological polar surface area (TPSA) is 78.9 Å². The smallest absolute Gasteiger partial charge is 0.306 e. The number of ether oxygens (including phenoxy) is 3. The Morgan fingerprint density at radius 2 is 0.629 bits per heavy atom. The van der Waals surface area contributed by atoms with Crippen molar-refractivity contribution >= 4 is 17.9 Å². The van der Waals surface area contributed by atoms with E-state index < -0.39 is 6.10 Å². The van der Waals surface area contributed by atoms with Crippen molar-refractivity contribution in [2.24, 2.45) is 0 Å². The highest BCUT2D eigenvalue weighted by atomic mass is 16.6. The fourth-order valence-electron chi connectivity index (χ4n) is 7.69. The van der Waals surface area contributed by atoms with Crippen molar-refractivity contribution in [3.05, 3.63) is 48.6 Å². The maximum Gasteiger partial charge on any atom is 0.306 e. The van der Waals surface area contributed by atoms with Gasteiger partial charge in [0, 0.05) is 19.3 Å². The molecule has 0 heterocycles. The van der Waals surface area contributed by atoms with Gasteiger partial charge >= 0.3 is 17.9 Å². The Kier molecular flexibility index (Phi) is 48.8. The van der Waals surface area contributed by atoms with Crippen LogP contribution < -0.4 is 0 Å². The molecule has 0 spiro atoms. The van der Waals surface area contributed by atoms with Crippen LogP contribution in [-0.2, 0) is 28.6 Å². The first-order valence-electron chi connectivity index (χ1n) is 26.7. The molecular weight excluding hydrogens is 769 g/mol. The first-order valence-corrected chi connectivity index (χ1v) is 26.7. The van der Waals surface area contributed by atoms with Gasteiger partial charge in [0.1, 0.15) is 13.2 Å². The van der Waals surface area contributed by atoms with Crippen molar-refractivity contribution in [3.63, 3.8) is 0 Å². The second-order valence-corrected chi connectivity index (χ2v) is 17.9. The Labute approximate surface area is 384 Å². The molecular formula is C56H100O6. The minimum atomic E-state index is -0.784.